The minimum absolute atomic E-state index is 0.0405. The fourth-order valence-corrected chi connectivity index (χ4v) is 3.95. The van der Waals surface area contributed by atoms with Gasteiger partial charge in [-0.05, 0) is 43.2 Å². The average molecular weight is 465 g/mol. The number of benzene rings is 2. The molecule has 0 spiro atoms. The zero-order chi connectivity index (χ0) is 23.9. The molecule has 2 aromatic carbocycles. The van der Waals surface area contributed by atoms with E-state index in [2.05, 4.69) is 15.5 Å². The topological polar surface area (TPSA) is 107 Å². The smallest absolute Gasteiger partial charge is 0.251 e. The van der Waals surface area contributed by atoms with Gasteiger partial charge in [0, 0.05) is 43.1 Å². The summed E-state index contributed by atoms with van der Waals surface area (Å²) in [4.78, 5) is 31.2. The van der Waals surface area contributed by atoms with Gasteiger partial charge in [0.05, 0.1) is 14.2 Å². The Kier molecular flexibility index (Phi) is 7.41. The predicted molar refractivity (Wildman–Crippen MR) is 125 cm³/mol. The Balaban J connectivity index is 1.25. The lowest BCUT2D eigenvalue weighted by Gasteiger charge is -2.32. The summed E-state index contributed by atoms with van der Waals surface area (Å²) in [7, 11) is 3.14. The Hall–Kier alpha value is -3.88. The first-order valence-electron chi connectivity index (χ1n) is 11.3. The molecule has 2 amide bonds. The number of hydrogen-bond donors (Lipinski definition) is 1. The Morgan fingerprint density at radius 1 is 1.06 bits per heavy atom. The normalized spacial score (nSPS) is 14.0. The van der Waals surface area contributed by atoms with Crippen molar-refractivity contribution in [2.75, 3.05) is 27.3 Å². The van der Waals surface area contributed by atoms with Crippen LogP contribution in [0.25, 0.3) is 11.4 Å². The predicted octanol–water partition coefficient (Wildman–Crippen LogP) is 3.11. The van der Waals surface area contributed by atoms with Gasteiger partial charge in [-0.15, -0.1) is 0 Å². The van der Waals surface area contributed by atoms with E-state index in [4.69, 9.17) is 14.0 Å². The third-order valence-electron chi connectivity index (χ3n) is 5.88. The molecule has 3 aromatic rings. The van der Waals surface area contributed by atoms with Crippen molar-refractivity contribution in [2.24, 2.45) is 0 Å². The van der Waals surface area contributed by atoms with Crippen molar-refractivity contribution in [3.8, 4) is 22.9 Å². The van der Waals surface area contributed by atoms with E-state index in [0.717, 1.165) is 18.4 Å². The molecular formula is C25H28N4O5. The molecule has 4 rings (SSSR count). The molecule has 1 aliphatic heterocycles. The van der Waals surface area contributed by atoms with Crippen molar-refractivity contribution in [2.45, 2.75) is 31.7 Å². The summed E-state index contributed by atoms with van der Waals surface area (Å²) >= 11 is 0. The van der Waals surface area contributed by atoms with Crippen LogP contribution in [0, 0.1) is 0 Å². The second-order valence-corrected chi connectivity index (χ2v) is 8.08. The van der Waals surface area contributed by atoms with Crippen molar-refractivity contribution in [3.63, 3.8) is 0 Å². The number of rotatable bonds is 8. The maximum Gasteiger partial charge on any atom is 0.251 e. The number of piperidine rings is 1. The largest absolute Gasteiger partial charge is 0.493 e. The molecule has 1 fully saturated rings. The van der Waals surface area contributed by atoms with Crippen LogP contribution in [0.15, 0.2) is 53.1 Å². The van der Waals surface area contributed by atoms with Gasteiger partial charge in [-0.1, -0.05) is 23.4 Å². The van der Waals surface area contributed by atoms with E-state index < -0.39 is 0 Å². The first kappa shape index (κ1) is 23.3. The molecule has 1 aliphatic rings. The number of hydrogen-bond acceptors (Lipinski definition) is 7. The van der Waals surface area contributed by atoms with Crippen molar-refractivity contribution < 1.29 is 23.6 Å². The molecule has 1 N–H and O–H groups in total. The van der Waals surface area contributed by atoms with Gasteiger partial charge in [-0.3, -0.25) is 9.59 Å². The lowest BCUT2D eigenvalue weighted by Crippen LogP contribution is -2.46. The van der Waals surface area contributed by atoms with Crippen LogP contribution in [-0.2, 0) is 11.2 Å². The van der Waals surface area contributed by atoms with Crippen LogP contribution in [0.2, 0.25) is 0 Å². The molecule has 0 unspecified atom stereocenters. The molecule has 2 heterocycles. The number of ether oxygens (including phenoxy) is 2. The highest BCUT2D eigenvalue weighted by molar-refractivity contribution is 5.94. The highest BCUT2D eigenvalue weighted by Crippen LogP contribution is 2.31. The second-order valence-electron chi connectivity index (χ2n) is 8.08. The van der Waals surface area contributed by atoms with Crippen molar-refractivity contribution in [3.05, 3.63) is 60.0 Å². The van der Waals surface area contributed by atoms with Crippen LogP contribution in [0.4, 0.5) is 0 Å². The van der Waals surface area contributed by atoms with Gasteiger partial charge in [-0.25, -0.2) is 0 Å². The van der Waals surface area contributed by atoms with E-state index in [1.807, 2.05) is 29.2 Å². The Morgan fingerprint density at radius 3 is 2.50 bits per heavy atom. The summed E-state index contributed by atoms with van der Waals surface area (Å²) in [5.41, 5.74) is 1.38. The molecule has 34 heavy (non-hydrogen) atoms. The molecule has 1 saturated heterocycles. The fraction of sp³-hybridized carbons (Fsp3) is 0.360. The lowest BCUT2D eigenvalue weighted by atomic mass is 10.0. The van der Waals surface area contributed by atoms with E-state index in [0.29, 0.717) is 48.3 Å². The highest BCUT2D eigenvalue weighted by Gasteiger charge is 2.24. The van der Waals surface area contributed by atoms with Crippen LogP contribution < -0.4 is 14.8 Å². The number of methoxy groups -OCH3 is 2. The van der Waals surface area contributed by atoms with Crippen LogP contribution in [-0.4, -0.2) is 60.2 Å². The minimum atomic E-state index is -0.0768. The molecule has 0 radical (unpaired) electrons. The van der Waals surface area contributed by atoms with Gasteiger partial charge in [-0.2, -0.15) is 4.98 Å². The molecule has 9 nitrogen and oxygen atoms in total. The number of nitrogens with one attached hydrogen (secondary N) is 1. The highest BCUT2D eigenvalue weighted by atomic mass is 16.5. The van der Waals surface area contributed by atoms with Crippen LogP contribution in [0.3, 0.4) is 0 Å². The monoisotopic (exact) mass is 464 g/mol. The van der Waals surface area contributed by atoms with E-state index in [1.165, 1.54) is 0 Å². The third-order valence-corrected chi connectivity index (χ3v) is 5.88. The molecule has 1 aromatic heterocycles. The molecule has 178 valence electrons. The Labute approximate surface area is 198 Å². The second kappa shape index (κ2) is 10.8. The standard InChI is InChI=1S/C25H28N4O5/c1-32-20-9-8-18(16-21(20)33-2)24-27-22(34-28-24)10-11-23(30)29-14-12-19(13-15-29)26-25(31)17-6-4-3-5-7-17/h3-9,16,19H,10-15H2,1-2H3,(H,26,31). The van der Waals surface area contributed by atoms with E-state index in [1.54, 1.807) is 38.5 Å². The lowest BCUT2D eigenvalue weighted by molar-refractivity contribution is -0.132. The third kappa shape index (κ3) is 5.54. The molecule has 0 bridgehead atoms. The maximum atomic E-state index is 12.7. The fourth-order valence-electron chi connectivity index (χ4n) is 3.95. The summed E-state index contributed by atoms with van der Waals surface area (Å²) < 4.78 is 15.9. The summed E-state index contributed by atoms with van der Waals surface area (Å²) in [5.74, 6) is 1.99. The molecule has 0 aliphatic carbocycles. The first-order chi connectivity index (χ1) is 16.6. The maximum absolute atomic E-state index is 12.7. The van der Waals surface area contributed by atoms with Gasteiger partial charge in [0.15, 0.2) is 11.5 Å². The van der Waals surface area contributed by atoms with Gasteiger partial charge in [0.2, 0.25) is 17.6 Å². The summed E-state index contributed by atoms with van der Waals surface area (Å²) in [5, 5.41) is 7.08. The van der Waals surface area contributed by atoms with Crippen LogP contribution in [0.5, 0.6) is 11.5 Å². The molecule has 0 saturated carbocycles. The van der Waals surface area contributed by atoms with E-state index >= 15 is 0 Å². The first-order valence-corrected chi connectivity index (χ1v) is 11.3. The number of likely N-dealkylation sites (tertiary alicyclic amines) is 1. The van der Waals surface area contributed by atoms with Gasteiger partial charge in [0.25, 0.3) is 5.91 Å². The van der Waals surface area contributed by atoms with Gasteiger partial charge < -0.3 is 24.2 Å². The SMILES string of the molecule is COc1ccc(-c2noc(CCC(=O)N3CCC(NC(=O)c4ccccc4)CC3)n2)cc1OC. The van der Waals surface area contributed by atoms with Crippen molar-refractivity contribution >= 4 is 11.8 Å². The minimum Gasteiger partial charge on any atom is -0.493 e. The van der Waals surface area contributed by atoms with Crippen LogP contribution >= 0.6 is 0 Å². The number of aromatic nitrogens is 2. The van der Waals surface area contributed by atoms with Gasteiger partial charge in [0.1, 0.15) is 0 Å². The van der Waals surface area contributed by atoms with E-state index in [-0.39, 0.29) is 24.3 Å². The van der Waals surface area contributed by atoms with Gasteiger partial charge >= 0.3 is 0 Å². The molecule has 0 atom stereocenters. The van der Waals surface area contributed by atoms with Crippen LogP contribution in [0.1, 0.15) is 35.5 Å². The number of aryl methyl sites for hydroxylation is 1. The van der Waals surface area contributed by atoms with Crippen molar-refractivity contribution in [1.29, 1.82) is 0 Å². The average Bonchev–Trinajstić information content (AvgIpc) is 3.37. The summed E-state index contributed by atoms with van der Waals surface area (Å²) in [6, 6.07) is 14.6. The number of carbonyl (C=O) groups excluding carboxylic acids is 2. The number of nitrogens with zero attached hydrogens (tertiary/aromatic N) is 3. The quantitative estimate of drug-likeness (QED) is 0.546. The van der Waals surface area contributed by atoms with Crippen molar-refractivity contribution in [1.82, 2.24) is 20.4 Å². The number of carbonyl (C=O) groups is 2. The summed E-state index contributed by atoms with van der Waals surface area (Å²) in [6.45, 7) is 1.22. The number of amides is 2. The molecule has 9 heteroatoms. The zero-order valence-electron chi connectivity index (χ0n) is 19.3. The Bertz CT molecular complexity index is 1120. The zero-order valence-corrected chi connectivity index (χ0v) is 19.3. The molecular weight excluding hydrogens is 436 g/mol. The summed E-state index contributed by atoms with van der Waals surface area (Å²) in [6.07, 6.45) is 2.11. The van der Waals surface area contributed by atoms with E-state index in [9.17, 15) is 9.59 Å². The Morgan fingerprint density at radius 2 is 1.79 bits per heavy atom.